The van der Waals surface area contributed by atoms with Gasteiger partial charge in [-0.05, 0) is 101 Å². The van der Waals surface area contributed by atoms with Crippen LogP contribution in [0.25, 0.3) is 0 Å². The average molecular weight is 807 g/mol. The Labute approximate surface area is 342 Å². The molecular weight excluding hydrogens is 748 g/mol. The summed E-state index contributed by atoms with van der Waals surface area (Å²) >= 11 is 6.35. The Kier molecular flexibility index (Phi) is 14.3. The molecule has 1 N–H and O–H groups in total. The molecule has 1 atom stereocenters. The van der Waals surface area contributed by atoms with E-state index in [1.165, 1.54) is 7.11 Å². The van der Waals surface area contributed by atoms with Crippen molar-refractivity contribution in [3.8, 4) is 17.2 Å². The van der Waals surface area contributed by atoms with Gasteiger partial charge in [-0.15, -0.1) is 0 Å². The molecule has 1 heterocycles. The van der Waals surface area contributed by atoms with Crippen LogP contribution in [0, 0.1) is 0 Å². The van der Waals surface area contributed by atoms with Crippen LogP contribution in [0.3, 0.4) is 0 Å². The first kappa shape index (κ1) is 43.4. The van der Waals surface area contributed by atoms with E-state index in [1.54, 1.807) is 19.1 Å². The number of nitrogens with one attached hydrogen (secondary N) is 1. The van der Waals surface area contributed by atoms with Gasteiger partial charge in [0.15, 0.2) is 11.5 Å². The van der Waals surface area contributed by atoms with Gasteiger partial charge in [-0.3, -0.25) is 19.4 Å². The molecule has 310 valence electrons. The van der Waals surface area contributed by atoms with Gasteiger partial charge in [0.25, 0.3) is 0 Å². The van der Waals surface area contributed by atoms with Crippen LogP contribution in [0.1, 0.15) is 89.5 Å². The van der Waals surface area contributed by atoms with Crippen molar-refractivity contribution in [2.45, 2.75) is 96.4 Å². The van der Waals surface area contributed by atoms with Crippen LogP contribution in [-0.2, 0) is 25.5 Å². The first-order chi connectivity index (χ1) is 27.1. The van der Waals surface area contributed by atoms with Crippen molar-refractivity contribution in [2.24, 2.45) is 0 Å². The predicted octanol–water partition coefficient (Wildman–Crippen LogP) is 7.96. The van der Waals surface area contributed by atoms with Crippen LogP contribution in [0.5, 0.6) is 17.2 Å². The molecule has 1 fully saturated rings. The zero-order valence-corrected chi connectivity index (χ0v) is 35.7. The lowest BCUT2D eigenvalue weighted by atomic mass is 9.79. The molecule has 0 radical (unpaired) electrons. The molecule has 3 aromatic carbocycles. The molecule has 1 aliphatic carbocycles. The second kappa shape index (κ2) is 18.7. The summed E-state index contributed by atoms with van der Waals surface area (Å²) in [5, 5.41) is 3.46. The molecule has 5 rings (SSSR count). The summed E-state index contributed by atoms with van der Waals surface area (Å²) in [5.74, 6) is 1.27. The van der Waals surface area contributed by atoms with Crippen molar-refractivity contribution >= 4 is 40.9 Å². The molecule has 0 saturated heterocycles. The van der Waals surface area contributed by atoms with E-state index in [0.717, 1.165) is 54.5 Å². The lowest BCUT2D eigenvalue weighted by Crippen LogP contribution is -2.59. The molecule has 57 heavy (non-hydrogen) atoms. The second-order valence-electron chi connectivity index (χ2n) is 16.2. The summed E-state index contributed by atoms with van der Waals surface area (Å²) in [4.78, 5) is 45.8. The number of benzene rings is 3. The lowest BCUT2D eigenvalue weighted by Gasteiger charge is -2.48. The number of amides is 2. The third kappa shape index (κ3) is 10.6. The summed E-state index contributed by atoms with van der Waals surface area (Å²) in [5.41, 5.74) is 3.16. The normalized spacial score (nSPS) is 16.5. The fourth-order valence-corrected chi connectivity index (χ4v) is 8.17. The SMILES string of the molecule is COC(=O)CN(CCNC(=O)OC(C)(C)C)C1(CN(C)c2ccc(N3C(=O)Cc4cc(OC)c(OC(C)C)cc4[C@@H]3c3ccc(Cl)cc3)c(OC)c2)CCCCC1. The van der Waals surface area contributed by atoms with Gasteiger partial charge in [-0.25, -0.2) is 4.79 Å². The van der Waals surface area contributed by atoms with E-state index >= 15 is 0 Å². The molecule has 2 amide bonds. The quantitative estimate of drug-likeness (QED) is 0.152. The Balaban J connectivity index is 1.49. The maximum absolute atomic E-state index is 14.3. The number of fused-ring (bicyclic) bond motifs is 1. The van der Waals surface area contributed by atoms with Crippen molar-refractivity contribution < 1.29 is 38.1 Å². The Morgan fingerprint density at radius 2 is 1.63 bits per heavy atom. The van der Waals surface area contributed by atoms with Gasteiger partial charge in [0.1, 0.15) is 11.4 Å². The number of likely N-dealkylation sites (N-methyl/N-ethyl adjacent to an activating group) is 1. The van der Waals surface area contributed by atoms with Crippen LogP contribution in [0.15, 0.2) is 54.6 Å². The van der Waals surface area contributed by atoms with E-state index in [2.05, 4.69) is 15.1 Å². The van der Waals surface area contributed by atoms with Crippen LogP contribution in [-0.4, -0.2) is 94.7 Å². The number of esters is 1. The van der Waals surface area contributed by atoms with Gasteiger partial charge < -0.3 is 33.9 Å². The highest BCUT2D eigenvalue weighted by Gasteiger charge is 2.41. The number of methoxy groups -OCH3 is 3. The number of hydrogen-bond donors (Lipinski definition) is 1. The fourth-order valence-electron chi connectivity index (χ4n) is 8.04. The third-order valence-electron chi connectivity index (χ3n) is 10.6. The zero-order chi connectivity index (χ0) is 41.5. The molecule has 3 aromatic rings. The van der Waals surface area contributed by atoms with E-state index in [4.69, 9.17) is 35.3 Å². The Bertz CT molecular complexity index is 1870. The van der Waals surface area contributed by atoms with Crippen molar-refractivity contribution in [3.05, 3.63) is 76.3 Å². The van der Waals surface area contributed by atoms with E-state index < -0.39 is 17.7 Å². The van der Waals surface area contributed by atoms with Crippen molar-refractivity contribution in [1.82, 2.24) is 10.2 Å². The molecule has 0 unspecified atom stereocenters. The van der Waals surface area contributed by atoms with Crippen LogP contribution in [0.2, 0.25) is 5.02 Å². The van der Waals surface area contributed by atoms with E-state index in [0.29, 0.717) is 47.6 Å². The predicted molar refractivity (Wildman–Crippen MR) is 223 cm³/mol. The summed E-state index contributed by atoms with van der Waals surface area (Å²) in [6, 6.07) is 16.8. The average Bonchev–Trinajstić information content (AvgIpc) is 3.16. The standard InChI is InChI=1S/C44H59ClN4O8/c1-29(2)56-38-26-34-31(23-37(38)54-8)24-39(50)49(41(34)30-13-15-32(45)16-14-30)35-18-17-33(25-36(35)53-7)47(6)28-44(19-11-10-12-20-44)48(27-40(51)55-9)22-21-46-42(52)57-43(3,4)5/h13-18,23,25-26,29,41H,10-12,19-22,24,27-28H2,1-9H3,(H,46,52)/t41-/m0/s1. The monoisotopic (exact) mass is 806 g/mol. The fraction of sp³-hybridized carbons (Fsp3) is 0.523. The number of rotatable bonds is 15. The number of ether oxygens (including phenoxy) is 5. The van der Waals surface area contributed by atoms with Crippen molar-refractivity contribution in [3.63, 3.8) is 0 Å². The number of nitrogens with zero attached hydrogens (tertiary/aromatic N) is 3. The molecule has 0 spiro atoms. The van der Waals surface area contributed by atoms with Crippen LogP contribution < -0.4 is 29.3 Å². The minimum atomic E-state index is -0.623. The van der Waals surface area contributed by atoms with Gasteiger partial charge in [-0.1, -0.05) is 43.0 Å². The highest BCUT2D eigenvalue weighted by atomic mass is 35.5. The number of alkyl carbamates (subject to hydrolysis) is 1. The molecular formula is C44H59ClN4O8. The van der Waals surface area contributed by atoms with Crippen LogP contribution >= 0.6 is 11.6 Å². The number of carbonyl (C=O) groups is 3. The van der Waals surface area contributed by atoms with E-state index in [9.17, 15) is 14.4 Å². The first-order valence-electron chi connectivity index (χ1n) is 19.7. The van der Waals surface area contributed by atoms with Gasteiger partial charge >= 0.3 is 12.1 Å². The minimum absolute atomic E-state index is 0.0863. The maximum Gasteiger partial charge on any atom is 0.407 e. The van der Waals surface area contributed by atoms with E-state index in [1.807, 2.05) is 96.3 Å². The second-order valence-corrected chi connectivity index (χ2v) is 16.6. The smallest absolute Gasteiger partial charge is 0.407 e. The summed E-state index contributed by atoms with van der Waals surface area (Å²) in [7, 11) is 6.64. The number of anilines is 2. The number of carbonyl (C=O) groups excluding carboxylic acids is 3. The highest BCUT2D eigenvalue weighted by molar-refractivity contribution is 6.30. The van der Waals surface area contributed by atoms with Gasteiger partial charge in [0, 0.05) is 49.0 Å². The third-order valence-corrected chi connectivity index (χ3v) is 10.8. The summed E-state index contributed by atoms with van der Waals surface area (Å²) in [6.07, 6.45) is 4.43. The van der Waals surface area contributed by atoms with Crippen LogP contribution in [0.4, 0.5) is 16.2 Å². The maximum atomic E-state index is 14.3. The molecule has 2 aliphatic rings. The molecule has 1 saturated carbocycles. The van der Waals surface area contributed by atoms with E-state index in [-0.39, 0.29) is 36.5 Å². The lowest BCUT2D eigenvalue weighted by molar-refractivity contribution is -0.144. The Hall–Kier alpha value is -4.68. The molecule has 1 aliphatic heterocycles. The molecule has 12 nitrogen and oxygen atoms in total. The largest absolute Gasteiger partial charge is 0.494 e. The topological polar surface area (TPSA) is 119 Å². The molecule has 0 bridgehead atoms. The minimum Gasteiger partial charge on any atom is -0.494 e. The Morgan fingerprint density at radius 1 is 0.947 bits per heavy atom. The number of halogens is 1. The number of hydrogen-bond acceptors (Lipinski definition) is 10. The molecule has 0 aromatic heterocycles. The zero-order valence-electron chi connectivity index (χ0n) is 34.9. The first-order valence-corrected chi connectivity index (χ1v) is 20.1. The Morgan fingerprint density at radius 3 is 2.25 bits per heavy atom. The summed E-state index contributed by atoms with van der Waals surface area (Å²) < 4.78 is 28.6. The van der Waals surface area contributed by atoms with Gasteiger partial charge in [0.2, 0.25) is 5.91 Å². The summed E-state index contributed by atoms with van der Waals surface area (Å²) in [6.45, 7) is 10.8. The van der Waals surface area contributed by atoms with Crippen molar-refractivity contribution in [2.75, 3.05) is 64.4 Å². The van der Waals surface area contributed by atoms with Gasteiger partial charge in [-0.2, -0.15) is 0 Å². The van der Waals surface area contributed by atoms with Gasteiger partial charge in [0.05, 0.1) is 52.1 Å². The van der Waals surface area contributed by atoms with Crippen molar-refractivity contribution in [1.29, 1.82) is 0 Å². The molecule has 13 heteroatoms. The highest BCUT2D eigenvalue weighted by Crippen LogP contribution is 2.47.